The minimum absolute atomic E-state index is 0.113. The number of piperidine rings is 1. The molecule has 1 aliphatic rings. The first kappa shape index (κ1) is 12.4. The number of hydrogen-bond donors (Lipinski definition) is 1. The van der Waals surface area contributed by atoms with Gasteiger partial charge in [-0.3, -0.25) is 0 Å². The summed E-state index contributed by atoms with van der Waals surface area (Å²) in [5.41, 5.74) is 8.41. The van der Waals surface area contributed by atoms with Crippen LogP contribution in [0.4, 0.5) is 5.82 Å². The van der Waals surface area contributed by atoms with Crippen LogP contribution >= 0.6 is 0 Å². The van der Waals surface area contributed by atoms with Crippen LogP contribution in [0.5, 0.6) is 0 Å². The maximum atomic E-state index is 6.20. The molecule has 0 saturated carbocycles. The van der Waals surface area contributed by atoms with Crippen LogP contribution in [0.25, 0.3) is 5.52 Å². The van der Waals surface area contributed by atoms with Crippen LogP contribution in [0.1, 0.15) is 26.0 Å². The summed E-state index contributed by atoms with van der Waals surface area (Å²) in [6.07, 6.45) is 4.71. The Bertz CT molecular complexity index is 601. The van der Waals surface area contributed by atoms with E-state index in [0.717, 1.165) is 36.5 Å². The van der Waals surface area contributed by atoms with E-state index in [1.54, 1.807) is 0 Å². The highest BCUT2D eigenvalue weighted by Gasteiger charge is 2.34. The van der Waals surface area contributed by atoms with E-state index in [9.17, 15) is 0 Å². The normalized spacial score (nSPS) is 22.9. The number of nitrogens with zero attached hydrogens (tertiary/aromatic N) is 4. The molecular weight excluding hydrogens is 238 g/mol. The molecule has 2 aromatic heterocycles. The van der Waals surface area contributed by atoms with Crippen LogP contribution in [-0.2, 0) is 0 Å². The Morgan fingerprint density at radius 1 is 1.42 bits per heavy atom. The number of fused-ring (bicyclic) bond motifs is 1. The van der Waals surface area contributed by atoms with Gasteiger partial charge in [-0.2, -0.15) is 5.10 Å². The summed E-state index contributed by atoms with van der Waals surface area (Å²) in [7, 11) is 0. The molecule has 3 heterocycles. The van der Waals surface area contributed by atoms with E-state index in [-0.39, 0.29) is 11.5 Å². The molecule has 0 aromatic carbocycles. The van der Waals surface area contributed by atoms with Crippen LogP contribution < -0.4 is 10.6 Å². The Hall–Kier alpha value is -1.62. The van der Waals surface area contributed by atoms with Gasteiger partial charge in [0.1, 0.15) is 5.52 Å². The van der Waals surface area contributed by atoms with Gasteiger partial charge in [0.05, 0.1) is 5.69 Å². The molecule has 5 heteroatoms. The first-order valence-electron chi connectivity index (χ1n) is 6.79. The molecule has 0 radical (unpaired) electrons. The molecule has 2 aromatic rings. The molecule has 5 nitrogen and oxygen atoms in total. The van der Waals surface area contributed by atoms with Crippen molar-refractivity contribution >= 4 is 11.3 Å². The van der Waals surface area contributed by atoms with Crippen molar-refractivity contribution in [1.29, 1.82) is 0 Å². The quantitative estimate of drug-likeness (QED) is 0.845. The predicted molar refractivity (Wildman–Crippen MR) is 76.3 cm³/mol. The fourth-order valence-corrected chi connectivity index (χ4v) is 2.83. The lowest BCUT2D eigenvalue weighted by molar-refractivity contribution is 0.244. The first-order chi connectivity index (χ1) is 8.97. The fraction of sp³-hybridized carbons (Fsp3) is 0.571. The average molecular weight is 259 g/mol. The highest BCUT2D eigenvalue weighted by atomic mass is 15.3. The maximum absolute atomic E-state index is 6.20. The first-order valence-corrected chi connectivity index (χ1v) is 6.79. The monoisotopic (exact) mass is 259 g/mol. The van der Waals surface area contributed by atoms with Gasteiger partial charge in [-0.15, -0.1) is 0 Å². The van der Waals surface area contributed by atoms with Gasteiger partial charge in [0, 0.05) is 31.5 Å². The Kier molecular flexibility index (Phi) is 2.74. The van der Waals surface area contributed by atoms with Crippen molar-refractivity contribution in [3.05, 3.63) is 24.2 Å². The van der Waals surface area contributed by atoms with Gasteiger partial charge in [-0.05, 0) is 24.8 Å². The Morgan fingerprint density at radius 2 is 2.21 bits per heavy atom. The standard InChI is InChI=1S/C14H21N5/c1-10-8-11-13(16-5-7-19(11)17-10)18-6-4-12(15)14(2,3)9-18/h5,7-8,12H,4,6,9,15H2,1-3H3. The predicted octanol–water partition coefficient (Wildman–Crippen LogP) is 1.60. The summed E-state index contributed by atoms with van der Waals surface area (Å²) in [6.45, 7) is 8.36. The molecule has 1 saturated heterocycles. The third kappa shape index (κ3) is 2.08. The van der Waals surface area contributed by atoms with Gasteiger partial charge < -0.3 is 10.6 Å². The fourth-order valence-electron chi connectivity index (χ4n) is 2.83. The second kappa shape index (κ2) is 4.20. The number of aryl methyl sites for hydroxylation is 1. The molecule has 3 rings (SSSR count). The number of aromatic nitrogens is 3. The van der Waals surface area contributed by atoms with E-state index in [4.69, 9.17) is 5.73 Å². The van der Waals surface area contributed by atoms with Gasteiger partial charge in [0.25, 0.3) is 0 Å². The minimum atomic E-state index is 0.113. The number of anilines is 1. The van der Waals surface area contributed by atoms with Crippen LogP contribution in [0.3, 0.4) is 0 Å². The van der Waals surface area contributed by atoms with Crippen molar-refractivity contribution in [2.24, 2.45) is 11.1 Å². The van der Waals surface area contributed by atoms with Gasteiger partial charge in [0.2, 0.25) is 0 Å². The lowest BCUT2D eigenvalue weighted by Gasteiger charge is -2.43. The summed E-state index contributed by atoms with van der Waals surface area (Å²) in [5.74, 6) is 1.02. The molecule has 102 valence electrons. The van der Waals surface area contributed by atoms with Gasteiger partial charge >= 0.3 is 0 Å². The van der Waals surface area contributed by atoms with E-state index in [1.807, 2.05) is 23.8 Å². The third-order valence-electron chi connectivity index (χ3n) is 4.10. The lowest BCUT2D eigenvalue weighted by atomic mass is 9.80. The van der Waals surface area contributed by atoms with E-state index < -0.39 is 0 Å². The zero-order chi connectivity index (χ0) is 13.6. The zero-order valence-corrected chi connectivity index (χ0v) is 11.8. The van der Waals surface area contributed by atoms with Crippen molar-refractivity contribution in [2.45, 2.75) is 33.2 Å². The maximum Gasteiger partial charge on any atom is 0.154 e. The molecule has 0 bridgehead atoms. The Morgan fingerprint density at radius 3 is 2.95 bits per heavy atom. The average Bonchev–Trinajstić information content (AvgIpc) is 2.72. The Labute approximate surface area is 113 Å². The second-order valence-corrected chi connectivity index (χ2v) is 6.17. The lowest BCUT2D eigenvalue weighted by Crippen LogP contribution is -2.52. The highest BCUT2D eigenvalue weighted by molar-refractivity contribution is 5.69. The number of nitrogens with two attached hydrogens (primary N) is 1. The van der Waals surface area contributed by atoms with Gasteiger partial charge in [0.15, 0.2) is 5.82 Å². The SMILES string of the molecule is Cc1cc2c(N3CCC(N)C(C)(C)C3)nccn2n1. The van der Waals surface area contributed by atoms with Crippen LogP contribution in [0, 0.1) is 12.3 Å². The summed E-state index contributed by atoms with van der Waals surface area (Å²) >= 11 is 0. The van der Waals surface area contributed by atoms with Crippen molar-refractivity contribution < 1.29 is 0 Å². The molecule has 0 aliphatic carbocycles. The second-order valence-electron chi connectivity index (χ2n) is 6.17. The largest absolute Gasteiger partial charge is 0.354 e. The summed E-state index contributed by atoms with van der Waals surface area (Å²) in [4.78, 5) is 6.89. The molecule has 1 fully saturated rings. The van der Waals surface area contributed by atoms with Crippen LogP contribution in [0.2, 0.25) is 0 Å². The molecule has 0 spiro atoms. The van der Waals surface area contributed by atoms with Gasteiger partial charge in [-0.1, -0.05) is 13.8 Å². The molecular formula is C14H21N5. The number of hydrogen-bond acceptors (Lipinski definition) is 4. The van der Waals surface area contributed by atoms with Crippen LogP contribution in [-0.4, -0.2) is 33.7 Å². The molecule has 1 unspecified atom stereocenters. The topological polar surface area (TPSA) is 59.5 Å². The smallest absolute Gasteiger partial charge is 0.154 e. The highest BCUT2D eigenvalue weighted by Crippen LogP contribution is 2.31. The molecule has 19 heavy (non-hydrogen) atoms. The van der Waals surface area contributed by atoms with E-state index in [0.29, 0.717) is 0 Å². The third-order valence-corrected chi connectivity index (χ3v) is 4.10. The molecule has 0 amide bonds. The van der Waals surface area contributed by atoms with Crippen molar-refractivity contribution in [1.82, 2.24) is 14.6 Å². The summed E-state index contributed by atoms with van der Waals surface area (Å²) in [5, 5.41) is 4.45. The van der Waals surface area contributed by atoms with E-state index in [2.05, 4.69) is 34.9 Å². The van der Waals surface area contributed by atoms with Gasteiger partial charge in [-0.25, -0.2) is 9.50 Å². The minimum Gasteiger partial charge on any atom is -0.354 e. The molecule has 1 aliphatic heterocycles. The number of rotatable bonds is 1. The molecule has 2 N–H and O–H groups in total. The zero-order valence-electron chi connectivity index (χ0n) is 11.8. The van der Waals surface area contributed by atoms with Crippen molar-refractivity contribution in [2.75, 3.05) is 18.0 Å². The summed E-state index contributed by atoms with van der Waals surface area (Å²) in [6, 6.07) is 2.35. The van der Waals surface area contributed by atoms with Crippen LogP contribution in [0.15, 0.2) is 18.5 Å². The van der Waals surface area contributed by atoms with E-state index in [1.165, 1.54) is 0 Å². The summed E-state index contributed by atoms with van der Waals surface area (Å²) < 4.78 is 1.90. The van der Waals surface area contributed by atoms with Crippen molar-refractivity contribution in [3.63, 3.8) is 0 Å². The van der Waals surface area contributed by atoms with Crippen molar-refractivity contribution in [3.8, 4) is 0 Å². The Balaban J connectivity index is 2.01. The molecule has 1 atom stereocenters. The van der Waals surface area contributed by atoms with E-state index >= 15 is 0 Å².